The Labute approximate surface area is 166 Å². The van der Waals surface area contributed by atoms with E-state index >= 15 is 0 Å². The lowest BCUT2D eigenvalue weighted by molar-refractivity contribution is -0.137. The quantitative estimate of drug-likeness (QED) is 0.618. The largest absolute Gasteiger partial charge is 0.416 e. The number of thiazole rings is 1. The molecule has 1 heterocycles. The number of nitrogens with one attached hydrogen (secondary N) is 1. The molecule has 1 aromatic heterocycles. The summed E-state index contributed by atoms with van der Waals surface area (Å²) < 4.78 is 63.1. The lowest BCUT2D eigenvalue weighted by atomic mass is 10.2. The molecule has 146 valence electrons. The van der Waals surface area contributed by atoms with Crippen molar-refractivity contribution < 1.29 is 26.4 Å². The Morgan fingerprint density at radius 1 is 1.04 bits per heavy atom. The molecule has 3 rings (SSSR count). The first-order chi connectivity index (χ1) is 13.1. The fourth-order valence-corrected chi connectivity index (χ4v) is 4.90. The number of amides is 1. The van der Waals surface area contributed by atoms with Gasteiger partial charge in [0.25, 0.3) is 5.91 Å². The molecule has 0 radical (unpaired) electrons. The minimum atomic E-state index is -4.50. The lowest BCUT2D eigenvalue weighted by Gasteiger charge is -2.09. The number of nitrogens with zero attached hydrogens (tertiary/aromatic N) is 1. The van der Waals surface area contributed by atoms with Crippen LogP contribution >= 0.6 is 22.9 Å². The van der Waals surface area contributed by atoms with Gasteiger partial charge >= 0.3 is 6.18 Å². The minimum absolute atomic E-state index is 0.0651. The molecule has 0 aliphatic carbocycles. The molecule has 0 aliphatic heterocycles. The van der Waals surface area contributed by atoms with Gasteiger partial charge in [0, 0.05) is 10.7 Å². The molecule has 0 saturated carbocycles. The number of halogens is 4. The summed E-state index contributed by atoms with van der Waals surface area (Å²) in [7, 11) is -4.02. The molecule has 0 atom stereocenters. The number of rotatable bonds is 4. The van der Waals surface area contributed by atoms with E-state index in [4.69, 9.17) is 11.6 Å². The number of carbonyl (C=O) groups is 1. The number of benzene rings is 2. The van der Waals surface area contributed by atoms with Crippen LogP contribution in [0.15, 0.2) is 63.1 Å². The Bertz CT molecular complexity index is 1110. The second kappa shape index (κ2) is 7.53. The number of aromatic nitrogens is 1. The van der Waals surface area contributed by atoms with E-state index in [0.29, 0.717) is 5.02 Å². The fraction of sp³-hybridized carbons (Fsp3) is 0.0588. The van der Waals surface area contributed by atoms with E-state index in [-0.39, 0.29) is 20.5 Å². The second-order valence-corrected chi connectivity index (χ2v) is 8.91. The highest BCUT2D eigenvalue weighted by atomic mass is 35.5. The van der Waals surface area contributed by atoms with Gasteiger partial charge in [-0.3, -0.25) is 4.79 Å². The Kier molecular flexibility index (Phi) is 5.46. The summed E-state index contributed by atoms with van der Waals surface area (Å²) in [6, 6.07) is 9.16. The average Bonchev–Trinajstić information content (AvgIpc) is 3.12. The van der Waals surface area contributed by atoms with Gasteiger partial charge in [-0.2, -0.15) is 13.2 Å². The number of hydrogen-bond acceptors (Lipinski definition) is 5. The second-order valence-electron chi connectivity index (χ2n) is 5.48. The van der Waals surface area contributed by atoms with E-state index in [0.717, 1.165) is 35.6 Å². The lowest BCUT2D eigenvalue weighted by Crippen LogP contribution is -2.16. The summed E-state index contributed by atoms with van der Waals surface area (Å²) in [5, 5.41) is 2.70. The van der Waals surface area contributed by atoms with Gasteiger partial charge in [0.15, 0.2) is 9.90 Å². The van der Waals surface area contributed by atoms with E-state index in [1.54, 1.807) is 0 Å². The fourth-order valence-electron chi connectivity index (χ4n) is 2.23. The highest BCUT2D eigenvalue weighted by Gasteiger charge is 2.30. The zero-order valence-corrected chi connectivity index (χ0v) is 16.1. The molecule has 0 fully saturated rings. The predicted octanol–water partition coefficient (Wildman–Crippen LogP) is 4.90. The Morgan fingerprint density at radius 3 is 2.21 bits per heavy atom. The SMILES string of the molecule is O=C(Nc1ccc(C(F)(F)F)cc1)c1ncsc1S(=O)(=O)c1ccc(Cl)cc1. The molecular weight excluding hydrogens is 437 g/mol. The van der Waals surface area contributed by atoms with Crippen LogP contribution in [0.5, 0.6) is 0 Å². The molecule has 2 aromatic carbocycles. The van der Waals surface area contributed by atoms with Crippen molar-refractivity contribution in [1.82, 2.24) is 4.98 Å². The molecular formula is C17H10ClF3N2O3S2. The predicted molar refractivity (Wildman–Crippen MR) is 98.4 cm³/mol. The highest BCUT2D eigenvalue weighted by molar-refractivity contribution is 7.93. The van der Waals surface area contributed by atoms with Crippen LogP contribution in [0.2, 0.25) is 5.02 Å². The van der Waals surface area contributed by atoms with Crippen LogP contribution < -0.4 is 5.32 Å². The first kappa shape index (κ1) is 20.3. The van der Waals surface area contributed by atoms with E-state index in [1.807, 2.05) is 0 Å². The maximum Gasteiger partial charge on any atom is 0.416 e. The smallest absolute Gasteiger partial charge is 0.321 e. The molecule has 3 aromatic rings. The van der Waals surface area contributed by atoms with Crippen molar-refractivity contribution in [2.45, 2.75) is 15.3 Å². The molecule has 0 saturated heterocycles. The number of alkyl halides is 3. The van der Waals surface area contributed by atoms with Crippen molar-refractivity contribution in [2.24, 2.45) is 0 Å². The van der Waals surface area contributed by atoms with E-state index in [9.17, 15) is 26.4 Å². The highest BCUT2D eigenvalue weighted by Crippen LogP contribution is 2.31. The van der Waals surface area contributed by atoms with E-state index in [1.165, 1.54) is 29.8 Å². The average molecular weight is 447 g/mol. The van der Waals surface area contributed by atoms with Crippen molar-refractivity contribution in [3.63, 3.8) is 0 Å². The molecule has 11 heteroatoms. The van der Waals surface area contributed by atoms with E-state index < -0.39 is 27.5 Å². The van der Waals surface area contributed by atoms with Gasteiger partial charge in [0.05, 0.1) is 16.0 Å². The van der Waals surface area contributed by atoms with Crippen molar-refractivity contribution in [1.29, 1.82) is 0 Å². The molecule has 0 bridgehead atoms. The molecule has 0 spiro atoms. The standard InChI is InChI=1S/C17H10ClF3N2O3S2/c18-11-3-7-13(8-4-11)28(25,26)16-14(22-9-27-16)15(24)23-12-5-1-10(2-6-12)17(19,20)21/h1-9H,(H,23,24). The van der Waals surface area contributed by atoms with Gasteiger partial charge in [-0.25, -0.2) is 13.4 Å². The van der Waals surface area contributed by atoms with Gasteiger partial charge in [-0.05, 0) is 48.5 Å². The monoisotopic (exact) mass is 446 g/mol. The number of carbonyl (C=O) groups excluding carboxylic acids is 1. The van der Waals surface area contributed by atoms with Crippen LogP contribution in [0, 0.1) is 0 Å². The van der Waals surface area contributed by atoms with Crippen LogP contribution in [0.4, 0.5) is 18.9 Å². The molecule has 0 unspecified atom stereocenters. The van der Waals surface area contributed by atoms with Crippen LogP contribution in [0.3, 0.4) is 0 Å². The van der Waals surface area contributed by atoms with Gasteiger partial charge in [0.2, 0.25) is 9.84 Å². The summed E-state index contributed by atoms with van der Waals surface area (Å²) in [5.74, 6) is -0.853. The molecule has 0 aliphatic rings. The first-order valence-electron chi connectivity index (χ1n) is 7.52. The van der Waals surface area contributed by atoms with Gasteiger partial charge in [0.1, 0.15) is 0 Å². The van der Waals surface area contributed by atoms with Crippen molar-refractivity contribution in [2.75, 3.05) is 5.32 Å². The van der Waals surface area contributed by atoms with Crippen molar-refractivity contribution in [3.8, 4) is 0 Å². The van der Waals surface area contributed by atoms with Crippen LogP contribution in [0.25, 0.3) is 0 Å². The summed E-state index contributed by atoms with van der Waals surface area (Å²) in [5.41, 5.74) is 0.0515. The third-order valence-electron chi connectivity index (χ3n) is 3.59. The number of sulfone groups is 1. The zero-order valence-electron chi connectivity index (χ0n) is 13.7. The maximum absolute atomic E-state index is 12.8. The third kappa shape index (κ3) is 4.18. The zero-order chi connectivity index (χ0) is 20.5. The van der Waals surface area contributed by atoms with Gasteiger partial charge in [-0.1, -0.05) is 11.6 Å². The minimum Gasteiger partial charge on any atom is -0.321 e. The molecule has 5 nitrogen and oxygen atoms in total. The Morgan fingerprint density at radius 2 is 1.64 bits per heavy atom. The summed E-state index contributed by atoms with van der Waals surface area (Å²) in [4.78, 5) is 16.2. The first-order valence-corrected chi connectivity index (χ1v) is 10.3. The number of anilines is 1. The van der Waals surface area contributed by atoms with E-state index in [2.05, 4.69) is 10.3 Å². The summed E-state index contributed by atoms with van der Waals surface area (Å²) in [6.45, 7) is 0. The summed E-state index contributed by atoms with van der Waals surface area (Å²) in [6.07, 6.45) is -4.50. The molecule has 1 N–H and O–H groups in total. The Hall–Kier alpha value is -2.43. The molecule has 28 heavy (non-hydrogen) atoms. The summed E-state index contributed by atoms with van der Waals surface area (Å²) >= 11 is 6.52. The van der Waals surface area contributed by atoms with Crippen molar-refractivity contribution >= 4 is 44.4 Å². The van der Waals surface area contributed by atoms with Gasteiger partial charge < -0.3 is 5.32 Å². The van der Waals surface area contributed by atoms with Crippen LogP contribution in [-0.4, -0.2) is 19.3 Å². The van der Waals surface area contributed by atoms with Crippen LogP contribution in [0.1, 0.15) is 16.1 Å². The van der Waals surface area contributed by atoms with Crippen molar-refractivity contribution in [3.05, 3.63) is 70.3 Å². The topological polar surface area (TPSA) is 76.1 Å². The third-order valence-corrected chi connectivity index (χ3v) is 6.98. The van der Waals surface area contributed by atoms with Crippen LogP contribution in [-0.2, 0) is 16.0 Å². The molecule has 1 amide bonds. The normalized spacial score (nSPS) is 12.0. The van der Waals surface area contributed by atoms with Gasteiger partial charge in [-0.15, -0.1) is 11.3 Å². The maximum atomic E-state index is 12.8. The Balaban J connectivity index is 1.87. The number of hydrogen-bond donors (Lipinski definition) is 1.